The van der Waals surface area contributed by atoms with Gasteiger partial charge in [-0.15, -0.1) is 0 Å². The van der Waals surface area contributed by atoms with Crippen LogP contribution < -0.4 is 10.6 Å². The molecule has 0 saturated carbocycles. The number of anilines is 1. The zero-order valence-corrected chi connectivity index (χ0v) is 9.50. The Hall–Kier alpha value is -1.75. The molecule has 1 amide bonds. The maximum atomic E-state index is 11.7. The molecule has 0 bridgehead atoms. The van der Waals surface area contributed by atoms with E-state index >= 15 is 0 Å². The summed E-state index contributed by atoms with van der Waals surface area (Å²) < 4.78 is 5.03. The van der Waals surface area contributed by atoms with Crippen molar-refractivity contribution in [2.24, 2.45) is 5.73 Å². The van der Waals surface area contributed by atoms with E-state index in [2.05, 4.69) is 0 Å². The number of ether oxygens (including phenoxy) is 1. The third-order valence-corrected chi connectivity index (χ3v) is 2.81. The number of hydrogen-bond donors (Lipinski definition) is 2. The van der Waals surface area contributed by atoms with E-state index in [0.29, 0.717) is 18.8 Å². The van der Waals surface area contributed by atoms with Crippen LogP contribution in [0.15, 0.2) is 24.3 Å². The van der Waals surface area contributed by atoms with Gasteiger partial charge in [0.05, 0.1) is 11.7 Å². The number of hydrogen-bond acceptors (Lipinski definition) is 4. The van der Waals surface area contributed by atoms with E-state index in [0.717, 1.165) is 12.8 Å². The van der Waals surface area contributed by atoms with Gasteiger partial charge in [-0.05, 0) is 31.5 Å². The highest BCUT2D eigenvalue weighted by Gasteiger charge is 2.33. The third kappa shape index (κ3) is 2.50. The number of nitrogens with zero attached hydrogens (tertiary/aromatic N) is 1. The molecule has 1 aromatic carbocycles. The number of carbonyl (C=O) groups excluding carboxylic acids is 1. The van der Waals surface area contributed by atoms with Crippen molar-refractivity contribution < 1.29 is 14.6 Å². The van der Waals surface area contributed by atoms with Crippen LogP contribution >= 0.6 is 0 Å². The summed E-state index contributed by atoms with van der Waals surface area (Å²) in [7, 11) is 0. The molecule has 1 aliphatic heterocycles. The SMILES string of the molecule is NCCCC1COC(=O)N1c1cccc(O)c1. The minimum Gasteiger partial charge on any atom is -0.508 e. The number of nitrogens with two attached hydrogens (primary N) is 1. The van der Waals surface area contributed by atoms with E-state index in [4.69, 9.17) is 10.5 Å². The van der Waals surface area contributed by atoms with Crippen molar-refractivity contribution in [3.05, 3.63) is 24.3 Å². The number of amides is 1. The molecule has 5 heteroatoms. The van der Waals surface area contributed by atoms with Crippen molar-refractivity contribution in [3.63, 3.8) is 0 Å². The van der Waals surface area contributed by atoms with Gasteiger partial charge < -0.3 is 15.6 Å². The van der Waals surface area contributed by atoms with Crippen LogP contribution in [0.1, 0.15) is 12.8 Å². The first-order valence-corrected chi connectivity index (χ1v) is 5.67. The van der Waals surface area contributed by atoms with E-state index in [9.17, 15) is 9.90 Å². The summed E-state index contributed by atoms with van der Waals surface area (Å²) in [5.41, 5.74) is 6.13. The number of aromatic hydroxyl groups is 1. The van der Waals surface area contributed by atoms with Gasteiger partial charge in [-0.25, -0.2) is 4.79 Å². The smallest absolute Gasteiger partial charge is 0.414 e. The van der Waals surface area contributed by atoms with Gasteiger partial charge in [-0.1, -0.05) is 6.07 Å². The molecule has 1 atom stereocenters. The summed E-state index contributed by atoms with van der Waals surface area (Å²) in [5.74, 6) is 0.139. The first kappa shape index (κ1) is 11.7. The summed E-state index contributed by atoms with van der Waals surface area (Å²) in [4.78, 5) is 13.2. The zero-order chi connectivity index (χ0) is 12.3. The van der Waals surface area contributed by atoms with Gasteiger partial charge in [0.25, 0.3) is 0 Å². The lowest BCUT2D eigenvalue weighted by Gasteiger charge is -2.21. The maximum absolute atomic E-state index is 11.7. The molecule has 0 aliphatic carbocycles. The topological polar surface area (TPSA) is 75.8 Å². The van der Waals surface area contributed by atoms with Crippen LogP contribution in [0.2, 0.25) is 0 Å². The monoisotopic (exact) mass is 236 g/mol. The minimum absolute atomic E-state index is 0.00727. The summed E-state index contributed by atoms with van der Waals surface area (Å²) >= 11 is 0. The fourth-order valence-electron chi connectivity index (χ4n) is 1.99. The molecular formula is C12H16N2O3. The lowest BCUT2D eigenvalue weighted by atomic mass is 10.1. The van der Waals surface area contributed by atoms with Crippen LogP contribution in [0, 0.1) is 0 Å². The van der Waals surface area contributed by atoms with Crippen molar-refractivity contribution in [2.45, 2.75) is 18.9 Å². The van der Waals surface area contributed by atoms with Crippen molar-refractivity contribution in [1.82, 2.24) is 0 Å². The van der Waals surface area contributed by atoms with Crippen molar-refractivity contribution in [2.75, 3.05) is 18.1 Å². The molecule has 1 aromatic rings. The minimum atomic E-state index is -0.363. The third-order valence-electron chi connectivity index (χ3n) is 2.81. The average molecular weight is 236 g/mol. The van der Waals surface area contributed by atoms with E-state index in [1.165, 1.54) is 0 Å². The summed E-state index contributed by atoms with van der Waals surface area (Å²) in [6.45, 7) is 0.979. The number of phenols is 1. The average Bonchev–Trinajstić information content (AvgIpc) is 2.68. The normalized spacial score (nSPS) is 19.5. The highest BCUT2D eigenvalue weighted by atomic mass is 16.6. The van der Waals surface area contributed by atoms with Crippen molar-refractivity contribution in [1.29, 1.82) is 0 Å². The van der Waals surface area contributed by atoms with Crippen molar-refractivity contribution >= 4 is 11.8 Å². The Morgan fingerprint density at radius 1 is 1.53 bits per heavy atom. The molecule has 1 fully saturated rings. The Morgan fingerprint density at radius 2 is 2.35 bits per heavy atom. The molecule has 3 N–H and O–H groups in total. The number of rotatable bonds is 4. The molecule has 1 heterocycles. The second-order valence-corrected chi connectivity index (χ2v) is 4.05. The lowest BCUT2D eigenvalue weighted by molar-refractivity contribution is 0.178. The summed E-state index contributed by atoms with van der Waals surface area (Å²) in [5, 5.41) is 9.42. The van der Waals surface area contributed by atoms with Gasteiger partial charge in [-0.2, -0.15) is 0 Å². The van der Waals surface area contributed by atoms with Gasteiger partial charge in [0.1, 0.15) is 12.4 Å². The second kappa shape index (κ2) is 5.05. The first-order chi connectivity index (χ1) is 8.22. The van der Waals surface area contributed by atoms with E-state index < -0.39 is 0 Å². The second-order valence-electron chi connectivity index (χ2n) is 4.05. The van der Waals surface area contributed by atoms with Gasteiger partial charge in [-0.3, -0.25) is 4.90 Å². The fourth-order valence-corrected chi connectivity index (χ4v) is 1.99. The number of benzene rings is 1. The van der Waals surface area contributed by atoms with Crippen LogP contribution in [-0.2, 0) is 4.74 Å². The standard InChI is InChI=1S/C12H16N2O3/c13-6-2-4-10-8-17-12(16)14(10)9-3-1-5-11(15)7-9/h1,3,5,7,10,15H,2,4,6,8,13H2. The number of cyclic esters (lactones) is 1. The number of phenolic OH excluding ortho intramolecular Hbond substituents is 1. The van der Waals surface area contributed by atoms with Gasteiger partial charge in [0, 0.05) is 6.07 Å². The van der Waals surface area contributed by atoms with Crippen LogP contribution in [-0.4, -0.2) is 30.4 Å². The Bertz CT molecular complexity index is 408. The molecular weight excluding hydrogens is 220 g/mol. The van der Waals surface area contributed by atoms with E-state index in [1.807, 2.05) is 0 Å². The van der Waals surface area contributed by atoms with E-state index in [-0.39, 0.29) is 17.9 Å². The molecule has 1 saturated heterocycles. The van der Waals surface area contributed by atoms with Crippen LogP contribution in [0.4, 0.5) is 10.5 Å². The van der Waals surface area contributed by atoms with Gasteiger partial charge >= 0.3 is 6.09 Å². The van der Waals surface area contributed by atoms with Gasteiger partial charge in [0.15, 0.2) is 0 Å². The molecule has 1 aliphatic rings. The summed E-state index contributed by atoms with van der Waals surface area (Å²) in [6.07, 6.45) is 1.28. The molecule has 0 spiro atoms. The first-order valence-electron chi connectivity index (χ1n) is 5.67. The zero-order valence-electron chi connectivity index (χ0n) is 9.50. The van der Waals surface area contributed by atoms with Crippen LogP contribution in [0.3, 0.4) is 0 Å². The summed E-state index contributed by atoms with van der Waals surface area (Å²) in [6, 6.07) is 6.62. The lowest BCUT2D eigenvalue weighted by Crippen LogP contribution is -2.33. The Labute approximate surface area is 99.8 Å². The molecule has 17 heavy (non-hydrogen) atoms. The Kier molecular flexibility index (Phi) is 3.49. The predicted octanol–water partition coefficient (Wildman–Crippen LogP) is 1.46. The molecule has 2 rings (SSSR count). The molecule has 1 unspecified atom stereocenters. The Morgan fingerprint density at radius 3 is 3.06 bits per heavy atom. The maximum Gasteiger partial charge on any atom is 0.414 e. The Balaban J connectivity index is 2.18. The largest absolute Gasteiger partial charge is 0.508 e. The van der Waals surface area contributed by atoms with Crippen LogP contribution in [0.5, 0.6) is 5.75 Å². The molecule has 0 radical (unpaired) electrons. The predicted molar refractivity (Wildman–Crippen MR) is 64.0 cm³/mol. The molecule has 0 aromatic heterocycles. The molecule has 92 valence electrons. The quantitative estimate of drug-likeness (QED) is 0.829. The number of carbonyl (C=O) groups is 1. The highest BCUT2D eigenvalue weighted by Crippen LogP contribution is 2.27. The van der Waals surface area contributed by atoms with Crippen LogP contribution in [0.25, 0.3) is 0 Å². The molecule has 5 nitrogen and oxygen atoms in total. The fraction of sp³-hybridized carbons (Fsp3) is 0.417. The highest BCUT2D eigenvalue weighted by molar-refractivity contribution is 5.90. The van der Waals surface area contributed by atoms with Crippen molar-refractivity contribution in [3.8, 4) is 5.75 Å². The van der Waals surface area contributed by atoms with E-state index in [1.54, 1.807) is 29.2 Å². The van der Waals surface area contributed by atoms with Gasteiger partial charge in [0.2, 0.25) is 0 Å².